The van der Waals surface area contributed by atoms with E-state index in [1.807, 2.05) is 37.3 Å². The van der Waals surface area contributed by atoms with Crippen molar-refractivity contribution in [1.29, 1.82) is 0 Å². The second kappa shape index (κ2) is 6.16. The highest BCUT2D eigenvalue weighted by atomic mass is 16.5. The number of nitrogens with zero attached hydrogens (tertiary/aromatic N) is 8. The Morgan fingerprint density at radius 2 is 2.15 bits per heavy atom. The molecule has 1 N–H and O–H groups in total. The number of hydrogen-bond acceptors (Lipinski definition) is 9. The van der Waals surface area contributed by atoms with E-state index in [0.29, 0.717) is 32.3 Å². The molecule has 10 heteroatoms. The van der Waals surface area contributed by atoms with Crippen LogP contribution in [0.4, 0.5) is 23.1 Å². The van der Waals surface area contributed by atoms with E-state index in [2.05, 4.69) is 30.3 Å². The fourth-order valence-electron chi connectivity index (χ4n) is 3.32. The lowest BCUT2D eigenvalue weighted by atomic mass is 10.2. The summed E-state index contributed by atoms with van der Waals surface area (Å²) in [4.78, 5) is 22.2. The van der Waals surface area contributed by atoms with Gasteiger partial charge in [0.05, 0.1) is 44.4 Å². The van der Waals surface area contributed by atoms with Crippen LogP contribution in [0.25, 0.3) is 5.65 Å². The van der Waals surface area contributed by atoms with Crippen molar-refractivity contribution in [3.05, 3.63) is 30.4 Å². The van der Waals surface area contributed by atoms with Crippen molar-refractivity contribution in [1.82, 2.24) is 24.6 Å². The molecule has 5 heterocycles. The highest BCUT2D eigenvalue weighted by Gasteiger charge is 2.33. The van der Waals surface area contributed by atoms with Crippen LogP contribution in [0.5, 0.6) is 0 Å². The van der Waals surface area contributed by atoms with E-state index in [0.717, 1.165) is 34.4 Å². The largest absolute Gasteiger partial charge is 0.378 e. The van der Waals surface area contributed by atoms with Crippen LogP contribution in [0, 0.1) is 6.92 Å². The van der Waals surface area contributed by atoms with Gasteiger partial charge in [0.15, 0.2) is 11.5 Å². The van der Waals surface area contributed by atoms with Crippen molar-refractivity contribution in [2.24, 2.45) is 4.99 Å². The van der Waals surface area contributed by atoms with Gasteiger partial charge in [-0.2, -0.15) is 10.1 Å². The Balaban J connectivity index is 1.51. The van der Waals surface area contributed by atoms with Crippen molar-refractivity contribution in [2.75, 3.05) is 48.5 Å². The number of fused-ring (bicyclic) bond motifs is 4. The van der Waals surface area contributed by atoms with E-state index in [4.69, 9.17) is 9.72 Å². The second-order valence-electron chi connectivity index (χ2n) is 6.47. The Hall–Kier alpha value is -3.27. The quantitative estimate of drug-likeness (QED) is 0.724. The molecule has 3 aromatic rings. The molecule has 0 aromatic carbocycles. The molecular formula is C17H19N9O. The highest BCUT2D eigenvalue weighted by Crippen LogP contribution is 2.35. The Kier molecular flexibility index (Phi) is 3.64. The Labute approximate surface area is 155 Å². The van der Waals surface area contributed by atoms with Gasteiger partial charge in [-0.25, -0.2) is 19.5 Å². The highest BCUT2D eigenvalue weighted by molar-refractivity contribution is 6.14. The SMILES string of the molecule is Cc1cc2ncnn2cc1Nc1ncc2c(n1)N1CCOCCN=C1N2C. The van der Waals surface area contributed by atoms with Gasteiger partial charge in [-0.15, -0.1) is 0 Å². The lowest BCUT2D eigenvalue weighted by Gasteiger charge is -2.22. The van der Waals surface area contributed by atoms with Gasteiger partial charge in [0.2, 0.25) is 11.9 Å². The van der Waals surface area contributed by atoms with Crippen molar-refractivity contribution < 1.29 is 4.74 Å². The minimum atomic E-state index is 0.522. The predicted octanol–water partition coefficient (Wildman–Crippen LogP) is 1.21. The van der Waals surface area contributed by atoms with Crippen molar-refractivity contribution in [2.45, 2.75) is 6.92 Å². The van der Waals surface area contributed by atoms with Crippen molar-refractivity contribution in [3.63, 3.8) is 0 Å². The summed E-state index contributed by atoms with van der Waals surface area (Å²) < 4.78 is 7.28. The van der Waals surface area contributed by atoms with Gasteiger partial charge in [0.1, 0.15) is 12.0 Å². The van der Waals surface area contributed by atoms with Gasteiger partial charge in [0, 0.05) is 7.05 Å². The number of aryl methyl sites for hydroxylation is 1. The molecule has 27 heavy (non-hydrogen) atoms. The summed E-state index contributed by atoms with van der Waals surface area (Å²) in [6, 6.07) is 1.97. The van der Waals surface area contributed by atoms with Gasteiger partial charge in [0.25, 0.3) is 0 Å². The monoisotopic (exact) mass is 365 g/mol. The van der Waals surface area contributed by atoms with Crippen molar-refractivity contribution in [3.8, 4) is 0 Å². The van der Waals surface area contributed by atoms with Gasteiger partial charge in [-0.3, -0.25) is 4.90 Å². The molecule has 0 saturated heterocycles. The van der Waals surface area contributed by atoms with Crippen LogP contribution >= 0.6 is 0 Å². The maximum Gasteiger partial charge on any atom is 0.229 e. The minimum absolute atomic E-state index is 0.522. The van der Waals surface area contributed by atoms with Crippen LogP contribution < -0.4 is 15.1 Å². The van der Waals surface area contributed by atoms with Gasteiger partial charge in [-0.05, 0) is 18.6 Å². The molecule has 0 atom stereocenters. The third-order valence-corrected chi connectivity index (χ3v) is 4.73. The first-order chi connectivity index (χ1) is 13.2. The lowest BCUT2D eigenvalue weighted by molar-refractivity contribution is 0.147. The Bertz CT molecular complexity index is 1040. The zero-order valence-electron chi connectivity index (χ0n) is 15.1. The number of nitrogens with one attached hydrogen (secondary N) is 1. The van der Waals surface area contributed by atoms with E-state index in [1.165, 1.54) is 6.33 Å². The summed E-state index contributed by atoms with van der Waals surface area (Å²) >= 11 is 0. The molecule has 0 bridgehead atoms. The van der Waals surface area contributed by atoms with E-state index in [9.17, 15) is 0 Å². The van der Waals surface area contributed by atoms with Crippen LogP contribution in [-0.4, -0.2) is 63.9 Å². The molecule has 0 unspecified atom stereocenters. The number of hydrogen-bond donors (Lipinski definition) is 1. The topological polar surface area (TPSA) is 96.1 Å². The molecule has 0 aliphatic carbocycles. The molecule has 0 radical (unpaired) electrons. The molecule has 10 nitrogen and oxygen atoms in total. The first-order valence-corrected chi connectivity index (χ1v) is 8.78. The fraction of sp³-hybridized carbons (Fsp3) is 0.353. The number of ether oxygens (including phenoxy) is 1. The lowest BCUT2D eigenvalue weighted by Crippen LogP contribution is -2.40. The number of anilines is 4. The summed E-state index contributed by atoms with van der Waals surface area (Å²) in [6.45, 7) is 4.64. The van der Waals surface area contributed by atoms with Crippen LogP contribution in [0.3, 0.4) is 0 Å². The first-order valence-electron chi connectivity index (χ1n) is 8.78. The maximum absolute atomic E-state index is 5.57. The van der Waals surface area contributed by atoms with E-state index >= 15 is 0 Å². The van der Waals surface area contributed by atoms with Crippen LogP contribution in [0.2, 0.25) is 0 Å². The zero-order valence-corrected chi connectivity index (χ0v) is 15.1. The molecule has 2 aliphatic rings. The normalized spacial score (nSPS) is 16.6. The average molecular weight is 365 g/mol. The van der Waals surface area contributed by atoms with Crippen LogP contribution in [0.15, 0.2) is 29.8 Å². The molecule has 0 spiro atoms. The predicted molar refractivity (Wildman–Crippen MR) is 102 cm³/mol. The minimum Gasteiger partial charge on any atom is -0.378 e. The number of pyridine rings is 1. The Morgan fingerprint density at radius 1 is 1.22 bits per heavy atom. The maximum atomic E-state index is 5.57. The number of aromatic nitrogens is 5. The van der Waals surface area contributed by atoms with Gasteiger partial charge in [-0.1, -0.05) is 0 Å². The fourth-order valence-corrected chi connectivity index (χ4v) is 3.32. The van der Waals surface area contributed by atoms with Crippen LogP contribution in [0.1, 0.15) is 5.56 Å². The first kappa shape index (κ1) is 15.9. The molecule has 5 rings (SSSR count). The third-order valence-electron chi connectivity index (χ3n) is 4.73. The summed E-state index contributed by atoms with van der Waals surface area (Å²) in [6.07, 6.45) is 5.24. The molecular weight excluding hydrogens is 346 g/mol. The van der Waals surface area contributed by atoms with E-state index in [-0.39, 0.29) is 0 Å². The van der Waals surface area contributed by atoms with Crippen molar-refractivity contribution >= 4 is 34.7 Å². The summed E-state index contributed by atoms with van der Waals surface area (Å²) in [5.74, 6) is 2.24. The molecule has 0 fully saturated rings. The van der Waals surface area contributed by atoms with Gasteiger partial charge < -0.3 is 15.0 Å². The molecule has 2 aliphatic heterocycles. The Morgan fingerprint density at radius 3 is 3.07 bits per heavy atom. The number of aliphatic imine (C=N–C) groups is 1. The summed E-state index contributed by atoms with van der Waals surface area (Å²) in [7, 11) is 1.99. The molecule has 138 valence electrons. The molecule has 0 saturated carbocycles. The zero-order chi connectivity index (χ0) is 18.4. The van der Waals surface area contributed by atoms with Gasteiger partial charge >= 0.3 is 0 Å². The molecule has 3 aromatic heterocycles. The summed E-state index contributed by atoms with van der Waals surface area (Å²) in [5.41, 5.74) is 3.66. The summed E-state index contributed by atoms with van der Waals surface area (Å²) in [5, 5.41) is 7.48. The smallest absolute Gasteiger partial charge is 0.229 e. The van der Waals surface area contributed by atoms with E-state index < -0.39 is 0 Å². The van der Waals surface area contributed by atoms with E-state index in [1.54, 1.807) is 4.52 Å². The number of rotatable bonds is 2. The number of guanidine groups is 1. The third kappa shape index (κ3) is 2.65. The standard InChI is InChI=1S/C17H19N9O/c1-11-7-14-20-10-21-26(14)9-12(11)22-16-19-8-13-15(23-16)25-4-6-27-5-3-18-17(25)24(13)2/h7-10H,3-6H2,1-2H3,(H,19,22,23). The average Bonchev–Trinajstić information content (AvgIpc) is 3.17. The van der Waals surface area contributed by atoms with Crippen LogP contribution in [-0.2, 0) is 4.74 Å². The molecule has 0 amide bonds. The second-order valence-corrected chi connectivity index (χ2v) is 6.47.